The van der Waals surface area contributed by atoms with Gasteiger partial charge in [-0.2, -0.15) is 13.2 Å². The highest BCUT2D eigenvalue weighted by molar-refractivity contribution is 7.92. The number of fused-ring (bicyclic) bond motifs is 1. The van der Waals surface area contributed by atoms with Crippen LogP contribution in [0.4, 0.5) is 27.6 Å². The van der Waals surface area contributed by atoms with Crippen LogP contribution in [0.15, 0.2) is 59.5 Å². The first-order valence-corrected chi connectivity index (χ1v) is 13.0. The van der Waals surface area contributed by atoms with Crippen molar-refractivity contribution < 1.29 is 45.0 Å². The van der Waals surface area contributed by atoms with Crippen molar-refractivity contribution in [3.05, 3.63) is 76.8 Å². The van der Waals surface area contributed by atoms with Crippen molar-refractivity contribution in [2.75, 3.05) is 10.8 Å². The SMILES string of the molecule is O=C(O)CCC[C@H]1CN(S(=O)(=O)c2cccc(C(F)(F)F)c2)c2cc(-c3cc(F)cc(F)c3Cl)ccc2O1. The Morgan fingerprint density at radius 2 is 1.84 bits per heavy atom. The van der Waals surface area contributed by atoms with Crippen LogP contribution < -0.4 is 9.04 Å². The van der Waals surface area contributed by atoms with E-state index in [4.69, 9.17) is 21.4 Å². The summed E-state index contributed by atoms with van der Waals surface area (Å²) in [6, 6.07) is 8.77. The summed E-state index contributed by atoms with van der Waals surface area (Å²) < 4.78 is 102. The quantitative estimate of drug-likeness (QED) is 0.256. The van der Waals surface area contributed by atoms with Crippen molar-refractivity contribution in [3.8, 4) is 16.9 Å². The topological polar surface area (TPSA) is 83.9 Å². The summed E-state index contributed by atoms with van der Waals surface area (Å²) >= 11 is 6.01. The zero-order valence-electron chi connectivity index (χ0n) is 19.3. The second kappa shape index (κ2) is 10.4. The zero-order valence-corrected chi connectivity index (χ0v) is 20.9. The van der Waals surface area contributed by atoms with E-state index in [9.17, 15) is 35.2 Å². The normalized spacial score (nSPS) is 15.6. The van der Waals surface area contributed by atoms with Gasteiger partial charge in [0, 0.05) is 18.1 Å². The van der Waals surface area contributed by atoms with Crippen LogP contribution in [-0.4, -0.2) is 32.1 Å². The molecule has 0 radical (unpaired) electrons. The van der Waals surface area contributed by atoms with Crippen LogP contribution in [0.25, 0.3) is 11.1 Å². The van der Waals surface area contributed by atoms with E-state index in [1.54, 1.807) is 0 Å². The monoisotopic (exact) mass is 575 g/mol. The lowest BCUT2D eigenvalue weighted by Gasteiger charge is -2.36. The fourth-order valence-corrected chi connectivity index (χ4v) is 5.83. The van der Waals surface area contributed by atoms with E-state index >= 15 is 0 Å². The molecule has 0 unspecified atom stereocenters. The third-order valence-corrected chi connectivity index (χ3v) is 8.02. The average molecular weight is 576 g/mol. The molecule has 202 valence electrons. The number of benzene rings is 3. The number of hydrogen-bond donors (Lipinski definition) is 1. The number of nitrogens with zero attached hydrogens (tertiary/aromatic N) is 1. The van der Waals surface area contributed by atoms with Gasteiger partial charge in [0.2, 0.25) is 0 Å². The lowest BCUT2D eigenvalue weighted by Crippen LogP contribution is -2.43. The van der Waals surface area contributed by atoms with Gasteiger partial charge in [-0.05, 0) is 54.8 Å². The number of halogens is 6. The Hall–Kier alpha value is -3.38. The number of rotatable bonds is 7. The van der Waals surface area contributed by atoms with Crippen LogP contribution in [0.3, 0.4) is 0 Å². The third kappa shape index (κ3) is 5.70. The number of alkyl halides is 3. The highest BCUT2D eigenvalue weighted by atomic mass is 35.5. The summed E-state index contributed by atoms with van der Waals surface area (Å²) in [5.74, 6) is -2.99. The van der Waals surface area contributed by atoms with Gasteiger partial charge in [-0.25, -0.2) is 17.2 Å². The van der Waals surface area contributed by atoms with Gasteiger partial charge in [0.1, 0.15) is 23.5 Å². The Labute approximate surface area is 219 Å². The van der Waals surface area contributed by atoms with Crippen molar-refractivity contribution in [3.63, 3.8) is 0 Å². The fourth-order valence-electron chi connectivity index (χ4n) is 4.06. The van der Waals surface area contributed by atoms with E-state index < -0.39 is 55.4 Å². The number of anilines is 1. The second-order valence-electron chi connectivity index (χ2n) is 8.52. The lowest BCUT2D eigenvalue weighted by atomic mass is 10.0. The Morgan fingerprint density at radius 3 is 2.53 bits per heavy atom. The van der Waals surface area contributed by atoms with Crippen LogP contribution in [0, 0.1) is 11.6 Å². The number of carboxylic acids is 1. The molecule has 0 bridgehead atoms. The smallest absolute Gasteiger partial charge is 0.416 e. The number of aliphatic carboxylic acids is 1. The Morgan fingerprint density at radius 1 is 1.11 bits per heavy atom. The van der Waals surface area contributed by atoms with E-state index in [2.05, 4.69) is 0 Å². The first-order chi connectivity index (χ1) is 17.8. The minimum Gasteiger partial charge on any atom is -0.486 e. The Kier molecular flexibility index (Phi) is 7.57. The van der Waals surface area contributed by atoms with E-state index in [-0.39, 0.29) is 48.4 Å². The number of sulfonamides is 1. The molecule has 38 heavy (non-hydrogen) atoms. The minimum absolute atomic E-state index is 0.0314. The highest BCUT2D eigenvalue weighted by Gasteiger charge is 2.37. The number of carboxylic acid groups (broad SMARTS) is 1. The average Bonchev–Trinajstić information content (AvgIpc) is 2.84. The molecule has 0 saturated heterocycles. The van der Waals surface area contributed by atoms with Crippen LogP contribution >= 0.6 is 11.6 Å². The summed E-state index contributed by atoms with van der Waals surface area (Å²) in [7, 11) is -4.60. The van der Waals surface area contributed by atoms with Gasteiger partial charge in [-0.1, -0.05) is 23.7 Å². The largest absolute Gasteiger partial charge is 0.486 e. The standard InChI is InChI=1S/C25H19ClF5NO5S/c26-24-19(11-16(27)12-20(24)28)14-7-8-22-21(9-14)32(13-17(37-22)4-2-6-23(33)34)38(35,36)18-5-1-3-15(10-18)25(29,30)31/h1,3,5,7-12,17H,2,4,6,13H2,(H,33,34)/t17-/m0/s1. The van der Waals surface area contributed by atoms with Gasteiger partial charge in [0.25, 0.3) is 10.0 Å². The minimum atomic E-state index is -4.79. The van der Waals surface area contributed by atoms with Gasteiger partial charge in [-0.15, -0.1) is 0 Å². The lowest BCUT2D eigenvalue weighted by molar-refractivity contribution is -0.138. The maximum absolute atomic E-state index is 14.1. The molecule has 1 atom stereocenters. The molecule has 1 N–H and O–H groups in total. The van der Waals surface area contributed by atoms with E-state index in [0.717, 1.165) is 28.6 Å². The van der Waals surface area contributed by atoms with Crippen molar-refractivity contribution in [1.29, 1.82) is 0 Å². The number of carbonyl (C=O) groups is 1. The molecule has 0 aromatic heterocycles. The van der Waals surface area contributed by atoms with Gasteiger partial charge in [-0.3, -0.25) is 9.10 Å². The molecule has 6 nitrogen and oxygen atoms in total. The predicted octanol–water partition coefficient (Wildman–Crippen LogP) is 6.52. The second-order valence-corrected chi connectivity index (χ2v) is 10.8. The van der Waals surface area contributed by atoms with E-state index in [1.807, 2.05) is 0 Å². The molecule has 4 rings (SSSR count). The van der Waals surface area contributed by atoms with Crippen LogP contribution in [-0.2, 0) is 21.0 Å². The van der Waals surface area contributed by atoms with Crippen LogP contribution in [0.1, 0.15) is 24.8 Å². The Bertz CT molecular complexity index is 1500. The summed E-state index contributed by atoms with van der Waals surface area (Å²) in [6.45, 7) is -0.347. The molecule has 1 aliphatic rings. The molecule has 3 aromatic rings. The molecule has 13 heteroatoms. The Balaban J connectivity index is 1.82. The summed E-state index contributed by atoms with van der Waals surface area (Å²) in [5, 5.41) is 8.50. The molecular formula is C25H19ClF5NO5S. The molecule has 0 amide bonds. The molecular weight excluding hydrogens is 557 g/mol. The first kappa shape index (κ1) is 27.6. The third-order valence-electron chi connectivity index (χ3n) is 5.86. The van der Waals surface area contributed by atoms with Gasteiger partial charge >= 0.3 is 12.1 Å². The van der Waals surface area contributed by atoms with Crippen LogP contribution in [0.2, 0.25) is 5.02 Å². The molecule has 1 heterocycles. The molecule has 0 spiro atoms. The summed E-state index contributed by atoms with van der Waals surface area (Å²) in [4.78, 5) is 10.3. The maximum atomic E-state index is 14.1. The first-order valence-electron chi connectivity index (χ1n) is 11.1. The highest BCUT2D eigenvalue weighted by Crippen LogP contribution is 2.42. The molecule has 3 aromatic carbocycles. The predicted molar refractivity (Wildman–Crippen MR) is 129 cm³/mol. The zero-order chi connectivity index (χ0) is 27.8. The summed E-state index contributed by atoms with van der Waals surface area (Å²) in [5.41, 5.74) is -1.20. The van der Waals surface area contributed by atoms with Crippen LogP contribution in [0.5, 0.6) is 5.75 Å². The van der Waals surface area contributed by atoms with Crippen molar-refractivity contribution in [2.24, 2.45) is 0 Å². The maximum Gasteiger partial charge on any atom is 0.416 e. The van der Waals surface area contributed by atoms with Gasteiger partial charge in [0.15, 0.2) is 0 Å². The van der Waals surface area contributed by atoms with E-state index in [0.29, 0.717) is 12.1 Å². The number of hydrogen-bond acceptors (Lipinski definition) is 4. The number of ether oxygens (including phenoxy) is 1. The van der Waals surface area contributed by atoms with Gasteiger partial charge in [0.05, 0.1) is 27.7 Å². The van der Waals surface area contributed by atoms with Crippen molar-refractivity contribution in [1.82, 2.24) is 0 Å². The van der Waals surface area contributed by atoms with E-state index in [1.165, 1.54) is 18.2 Å². The molecule has 0 saturated carbocycles. The molecule has 0 fully saturated rings. The molecule has 0 aliphatic carbocycles. The van der Waals surface area contributed by atoms with Gasteiger partial charge < -0.3 is 9.84 Å². The van der Waals surface area contributed by atoms with Crippen molar-refractivity contribution >= 4 is 33.3 Å². The van der Waals surface area contributed by atoms with Crippen molar-refractivity contribution in [2.45, 2.75) is 36.4 Å². The summed E-state index contributed by atoms with van der Waals surface area (Å²) in [6.07, 6.45) is -5.51. The fraction of sp³-hybridized carbons (Fsp3) is 0.240. The molecule has 1 aliphatic heterocycles.